The van der Waals surface area contributed by atoms with Gasteiger partial charge in [-0.25, -0.2) is 0 Å². The second-order valence-electron chi connectivity index (χ2n) is 5.85. The molecule has 0 aliphatic carbocycles. The number of carbonyl (C=O) groups is 3. The van der Waals surface area contributed by atoms with Crippen LogP contribution in [0.25, 0.3) is 0 Å². The van der Waals surface area contributed by atoms with Crippen LogP contribution in [0.5, 0.6) is 5.75 Å². The summed E-state index contributed by atoms with van der Waals surface area (Å²) >= 11 is 0. The lowest BCUT2D eigenvalue weighted by Gasteiger charge is -2.26. The summed E-state index contributed by atoms with van der Waals surface area (Å²) in [5.41, 5.74) is -0.362. The maximum Gasteiger partial charge on any atom is 0.305 e. The second-order valence-corrected chi connectivity index (χ2v) is 5.85. The van der Waals surface area contributed by atoms with Crippen LogP contribution in [0.1, 0.15) is 36.0 Å². The molecule has 0 aromatic heterocycles. The molecule has 1 saturated heterocycles. The number of aliphatic carboxylic acids is 1. The summed E-state index contributed by atoms with van der Waals surface area (Å²) < 4.78 is 10.3. The number of rotatable bonds is 8. The van der Waals surface area contributed by atoms with Crippen molar-refractivity contribution in [3.8, 4) is 5.75 Å². The third kappa shape index (κ3) is 4.79. The van der Waals surface area contributed by atoms with Crippen LogP contribution in [0.4, 0.5) is 0 Å². The fourth-order valence-corrected chi connectivity index (χ4v) is 2.69. The minimum Gasteiger partial charge on any atom is -0.497 e. The van der Waals surface area contributed by atoms with E-state index in [0.717, 1.165) is 0 Å². The third-order valence-corrected chi connectivity index (χ3v) is 3.99. The number of ketones is 1. The smallest absolute Gasteiger partial charge is 0.305 e. The summed E-state index contributed by atoms with van der Waals surface area (Å²) in [6, 6.07) is 6.67. The molecule has 1 aliphatic heterocycles. The van der Waals surface area contributed by atoms with Gasteiger partial charge in [0.1, 0.15) is 5.75 Å². The van der Waals surface area contributed by atoms with E-state index in [1.165, 1.54) is 0 Å². The molecule has 1 atom stereocenters. The molecule has 7 nitrogen and oxygen atoms in total. The number of carboxylic acids is 1. The van der Waals surface area contributed by atoms with Crippen molar-refractivity contribution in [1.82, 2.24) is 5.32 Å². The predicted octanol–water partition coefficient (Wildman–Crippen LogP) is 1.41. The molecule has 1 aromatic carbocycles. The van der Waals surface area contributed by atoms with E-state index in [4.69, 9.17) is 14.6 Å². The average molecular weight is 335 g/mol. The SMILES string of the molecule is COc1ccc(C(=O)CCC(=O)NC2(CC(=O)O)CCOC2)cc1. The van der Waals surface area contributed by atoms with Crippen LogP contribution in [0.3, 0.4) is 0 Å². The van der Waals surface area contributed by atoms with Crippen LogP contribution < -0.4 is 10.1 Å². The van der Waals surface area contributed by atoms with Gasteiger partial charge in [0.05, 0.1) is 25.7 Å². The van der Waals surface area contributed by atoms with E-state index >= 15 is 0 Å². The van der Waals surface area contributed by atoms with Gasteiger partial charge < -0.3 is 19.9 Å². The molecule has 0 spiro atoms. The molecule has 2 rings (SSSR count). The van der Waals surface area contributed by atoms with E-state index in [2.05, 4.69) is 5.32 Å². The first-order valence-electron chi connectivity index (χ1n) is 7.72. The highest BCUT2D eigenvalue weighted by molar-refractivity contribution is 5.98. The molecule has 0 saturated carbocycles. The number of amides is 1. The molecular weight excluding hydrogens is 314 g/mol. The number of carbonyl (C=O) groups excluding carboxylic acids is 2. The fraction of sp³-hybridized carbons (Fsp3) is 0.471. The van der Waals surface area contributed by atoms with Gasteiger partial charge in [-0.3, -0.25) is 14.4 Å². The number of hydrogen-bond donors (Lipinski definition) is 2. The summed E-state index contributed by atoms with van der Waals surface area (Å²) in [5.74, 6) is -0.831. The van der Waals surface area contributed by atoms with Crippen molar-refractivity contribution < 1.29 is 29.0 Å². The molecule has 1 heterocycles. The molecular formula is C17H21NO6. The zero-order valence-corrected chi connectivity index (χ0v) is 13.5. The van der Waals surface area contributed by atoms with Crippen molar-refractivity contribution in [2.75, 3.05) is 20.3 Å². The van der Waals surface area contributed by atoms with Crippen molar-refractivity contribution in [3.63, 3.8) is 0 Å². The van der Waals surface area contributed by atoms with Gasteiger partial charge in [0.25, 0.3) is 0 Å². The molecule has 1 fully saturated rings. The van der Waals surface area contributed by atoms with Gasteiger partial charge in [-0.15, -0.1) is 0 Å². The monoisotopic (exact) mass is 335 g/mol. The number of carboxylic acid groups (broad SMARTS) is 1. The van der Waals surface area contributed by atoms with Gasteiger partial charge in [-0.1, -0.05) is 0 Å². The van der Waals surface area contributed by atoms with Crippen LogP contribution >= 0.6 is 0 Å². The van der Waals surface area contributed by atoms with E-state index in [-0.39, 0.29) is 37.6 Å². The number of nitrogens with one attached hydrogen (secondary N) is 1. The van der Waals surface area contributed by atoms with E-state index in [9.17, 15) is 14.4 Å². The molecule has 1 amide bonds. The van der Waals surface area contributed by atoms with Crippen LogP contribution in [-0.4, -0.2) is 48.6 Å². The zero-order chi connectivity index (χ0) is 17.6. The Bertz CT molecular complexity index is 604. The van der Waals surface area contributed by atoms with Crippen molar-refractivity contribution in [3.05, 3.63) is 29.8 Å². The minimum absolute atomic E-state index is 0.00618. The van der Waals surface area contributed by atoms with E-state index < -0.39 is 11.5 Å². The molecule has 130 valence electrons. The summed E-state index contributed by atoms with van der Waals surface area (Å²) in [4.78, 5) is 35.2. The largest absolute Gasteiger partial charge is 0.497 e. The molecule has 1 aromatic rings. The molecule has 7 heteroatoms. The second kappa shape index (κ2) is 7.92. The molecule has 24 heavy (non-hydrogen) atoms. The standard InChI is InChI=1S/C17H21NO6/c1-23-13-4-2-12(3-5-13)14(19)6-7-15(20)18-17(10-16(21)22)8-9-24-11-17/h2-5H,6-11H2,1H3,(H,18,20)(H,21,22). The van der Waals surface area contributed by atoms with Crippen LogP contribution in [0.2, 0.25) is 0 Å². The van der Waals surface area contributed by atoms with Crippen LogP contribution in [-0.2, 0) is 14.3 Å². The minimum atomic E-state index is -0.991. The highest BCUT2D eigenvalue weighted by Crippen LogP contribution is 2.23. The Labute approximate surface area is 139 Å². The third-order valence-electron chi connectivity index (χ3n) is 3.99. The summed E-state index contributed by atoms with van der Waals surface area (Å²) in [6.45, 7) is 0.593. The zero-order valence-electron chi connectivity index (χ0n) is 13.5. The molecule has 0 radical (unpaired) electrons. The Morgan fingerprint density at radius 3 is 2.50 bits per heavy atom. The van der Waals surface area contributed by atoms with Crippen molar-refractivity contribution in [1.29, 1.82) is 0 Å². The first-order chi connectivity index (χ1) is 11.4. The fourth-order valence-electron chi connectivity index (χ4n) is 2.69. The maximum absolute atomic E-state index is 12.1. The number of ether oxygens (including phenoxy) is 2. The Balaban J connectivity index is 1.87. The lowest BCUT2D eigenvalue weighted by molar-refractivity contribution is -0.139. The van der Waals surface area contributed by atoms with E-state index in [1.54, 1.807) is 31.4 Å². The van der Waals surface area contributed by atoms with Gasteiger partial charge in [0.15, 0.2) is 5.78 Å². The van der Waals surface area contributed by atoms with E-state index in [0.29, 0.717) is 24.3 Å². The lowest BCUT2D eigenvalue weighted by atomic mass is 9.94. The lowest BCUT2D eigenvalue weighted by Crippen LogP contribution is -2.50. The highest BCUT2D eigenvalue weighted by atomic mass is 16.5. The predicted molar refractivity (Wildman–Crippen MR) is 85.1 cm³/mol. The maximum atomic E-state index is 12.1. The first kappa shape index (κ1) is 17.9. The van der Waals surface area contributed by atoms with Gasteiger partial charge in [0.2, 0.25) is 5.91 Å². The van der Waals surface area contributed by atoms with Gasteiger partial charge in [-0.05, 0) is 30.7 Å². The normalized spacial score (nSPS) is 19.7. The van der Waals surface area contributed by atoms with Crippen LogP contribution in [0, 0.1) is 0 Å². The summed E-state index contributed by atoms with van der Waals surface area (Å²) in [6.07, 6.45) is 0.330. The topological polar surface area (TPSA) is 102 Å². The molecule has 1 unspecified atom stereocenters. The van der Waals surface area contributed by atoms with Crippen molar-refractivity contribution in [2.45, 2.75) is 31.2 Å². The number of methoxy groups -OCH3 is 1. The Hall–Kier alpha value is -2.41. The van der Waals surface area contributed by atoms with Gasteiger partial charge >= 0.3 is 5.97 Å². The molecule has 1 aliphatic rings. The Kier molecular flexibility index (Phi) is 5.92. The Morgan fingerprint density at radius 1 is 1.25 bits per heavy atom. The summed E-state index contributed by atoms with van der Waals surface area (Å²) in [5, 5.41) is 11.7. The van der Waals surface area contributed by atoms with Crippen molar-refractivity contribution in [2.24, 2.45) is 0 Å². The number of Topliss-reactive ketones (excluding diaryl/α,β-unsaturated/α-hetero) is 1. The quantitative estimate of drug-likeness (QED) is 0.697. The van der Waals surface area contributed by atoms with Crippen LogP contribution in [0.15, 0.2) is 24.3 Å². The first-order valence-corrected chi connectivity index (χ1v) is 7.72. The van der Waals surface area contributed by atoms with Gasteiger partial charge in [-0.2, -0.15) is 0 Å². The van der Waals surface area contributed by atoms with Gasteiger partial charge in [0, 0.05) is 25.0 Å². The number of benzene rings is 1. The molecule has 2 N–H and O–H groups in total. The van der Waals surface area contributed by atoms with Crippen molar-refractivity contribution >= 4 is 17.7 Å². The molecule has 0 bridgehead atoms. The Morgan fingerprint density at radius 2 is 1.96 bits per heavy atom. The average Bonchev–Trinajstić information content (AvgIpc) is 2.99. The summed E-state index contributed by atoms with van der Waals surface area (Å²) in [7, 11) is 1.54. The number of hydrogen-bond acceptors (Lipinski definition) is 5. The highest BCUT2D eigenvalue weighted by Gasteiger charge is 2.38. The van der Waals surface area contributed by atoms with E-state index in [1.807, 2.05) is 0 Å².